The van der Waals surface area contributed by atoms with Crippen LogP contribution < -0.4 is 0 Å². The summed E-state index contributed by atoms with van der Waals surface area (Å²) < 4.78 is 0. The third-order valence-electron chi connectivity index (χ3n) is 1.83. The van der Waals surface area contributed by atoms with Gasteiger partial charge in [0.25, 0.3) is 0 Å². The standard InChI is InChI=1S/C7H12O/c1-2-3-6-4-5-7(6)8/h6H,2-5H2,1H3/t6-/m0/s1. The smallest absolute Gasteiger partial charge is 0.136 e. The van der Waals surface area contributed by atoms with Gasteiger partial charge in [-0.1, -0.05) is 13.3 Å². The molecule has 0 saturated heterocycles. The molecule has 46 valence electrons. The molecule has 0 amide bonds. The van der Waals surface area contributed by atoms with Crippen molar-refractivity contribution in [1.82, 2.24) is 0 Å². The van der Waals surface area contributed by atoms with Gasteiger partial charge in [-0.15, -0.1) is 0 Å². The fourth-order valence-electron chi connectivity index (χ4n) is 1.12. The Hall–Kier alpha value is -0.330. The monoisotopic (exact) mass is 112 g/mol. The average Bonchev–Trinajstić information content (AvgIpc) is 1.79. The zero-order valence-corrected chi connectivity index (χ0v) is 5.31. The first-order chi connectivity index (χ1) is 3.84. The van der Waals surface area contributed by atoms with E-state index in [1.54, 1.807) is 0 Å². The molecule has 1 aliphatic carbocycles. The Morgan fingerprint density at radius 1 is 1.75 bits per heavy atom. The Morgan fingerprint density at radius 2 is 2.50 bits per heavy atom. The van der Waals surface area contributed by atoms with E-state index in [2.05, 4.69) is 6.92 Å². The molecule has 0 radical (unpaired) electrons. The molecule has 1 atom stereocenters. The SMILES string of the molecule is CCC[C@H]1CCC1=O. The molecule has 0 aromatic carbocycles. The molecule has 1 rings (SSSR count). The molecule has 0 spiro atoms. The van der Waals surface area contributed by atoms with E-state index < -0.39 is 0 Å². The van der Waals surface area contributed by atoms with Crippen LogP contribution in [-0.2, 0) is 4.79 Å². The maximum Gasteiger partial charge on any atom is 0.136 e. The van der Waals surface area contributed by atoms with E-state index in [0.29, 0.717) is 11.7 Å². The van der Waals surface area contributed by atoms with Crippen LogP contribution in [0.25, 0.3) is 0 Å². The van der Waals surface area contributed by atoms with Crippen molar-refractivity contribution in [3.8, 4) is 0 Å². The van der Waals surface area contributed by atoms with E-state index in [1.165, 1.54) is 0 Å². The molecule has 0 aliphatic heterocycles. The lowest BCUT2D eigenvalue weighted by Gasteiger charge is -2.22. The lowest BCUT2D eigenvalue weighted by atomic mass is 9.81. The highest BCUT2D eigenvalue weighted by atomic mass is 16.1. The van der Waals surface area contributed by atoms with Crippen molar-refractivity contribution in [1.29, 1.82) is 0 Å². The number of Topliss-reactive ketones (excluding diaryl/α,β-unsaturated/α-hetero) is 1. The van der Waals surface area contributed by atoms with Gasteiger partial charge in [0, 0.05) is 12.3 Å². The third-order valence-corrected chi connectivity index (χ3v) is 1.83. The average molecular weight is 112 g/mol. The lowest BCUT2D eigenvalue weighted by molar-refractivity contribution is -0.129. The van der Waals surface area contributed by atoms with E-state index in [9.17, 15) is 4.79 Å². The molecule has 0 aromatic heterocycles. The predicted octanol–water partition coefficient (Wildman–Crippen LogP) is 1.77. The van der Waals surface area contributed by atoms with Crippen molar-refractivity contribution in [2.24, 2.45) is 5.92 Å². The second-order valence-electron chi connectivity index (χ2n) is 2.49. The van der Waals surface area contributed by atoms with Crippen LogP contribution in [0.2, 0.25) is 0 Å². The third kappa shape index (κ3) is 0.908. The van der Waals surface area contributed by atoms with Gasteiger partial charge in [0.2, 0.25) is 0 Å². The van der Waals surface area contributed by atoms with Gasteiger partial charge in [0.1, 0.15) is 5.78 Å². The molecule has 0 aromatic rings. The Morgan fingerprint density at radius 3 is 2.62 bits per heavy atom. The van der Waals surface area contributed by atoms with Gasteiger partial charge in [-0.25, -0.2) is 0 Å². The summed E-state index contributed by atoms with van der Waals surface area (Å²) in [5.74, 6) is 0.951. The van der Waals surface area contributed by atoms with Crippen molar-refractivity contribution in [2.75, 3.05) is 0 Å². The molecule has 1 saturated carbocycles. The predicted molar refractivity (Wildman–Crippen MR) is 32.6 cm³/mol. The van der Waals surface area contributed by atoms with E-state index in [-0.39, 0.29) is 0 Å². The molecule has 1 nitrogen and oxygen atoms in total. The number of ketones is 1. The second kappa shape index (κ2) is 2.29. The van der Waals surface area contributed by atoms with Crippen LogP contribution in [0, 0.1) is 5.92 Å². The van der Waals surface area contributed by atoms with Gasteiger partial charge in [-0.05, 0) is 12.8 Å². The van der Waals surface area contributed by atoms with Crippen LogP contribution in [-0.4, -0.2) is 5.78 Å². The first-order valence-corrected chi connectivity index (χ1v) is 3.37. The number of carbonyl (C=O) groups excluding carboxylic acids is 1. The highest BCUT2D eigenvalue weighted by Crippen LogP contribution is 2.26. The van der Waals surface area contributed by atoms with Crippen molar-refractivity contribution < 1.29 is 4.79 Å². The summed E-state index contributed by atoms with van der Waals surface area (Å²) in [6.07, 6.45) is 4.30. The Bertz CT molecular complexity index is 96.6. The Kier molecular flexibility index (Phi) is 1.66. The zero-order chi connectivity index (χ0) is 5.98. The molecular weight excluding hydrogens is 100 g/mol. The van der Waals surface area contributed by atoms with Crippen LogP contribution in [0.1, 0.15) is 32.6 Å². The highest BCUT2D eigenvalue weighted by Gasteiger charge is 2.26. The minimum atomic E-state index is 0.458. The Labute approximate surface area is 50.1 Å². The first-order valence-electron chi connectivity index (χ1n) is 3.37. The number of carbonyl (C=O) groups is 1. The molecular formula is C7H12O. The lowest BCUT2D eigenvalue weighted by Crippen LogP contribution is -2.24. The minimum Gasteiger partial charge on any atom is -0.299 e. The van der Waals surface area contributed by atoms with Gasteiger partial charge in [-0.3, -0.25) is 4.79 Å². The van der Waals surface area contributed by atoms with Crippen LogP contribution in [0.5, 0.6) is 0 Å². The van der Waals surface area contributed by atoms with E-state index in [4.69, 9.17) is 0 Å². The minimum absolute atomic E-state index is 0.458. The van der Waals surface area contributed by atoms with Gasteiger partial charge in [0.05, 0.1) is 0 Å². The van der Waals surface area contributed by atoms with E-state index >= 15 is 0 Å². The number of hydrogen-bond donors (Lipinski definition) is 0. The quantitative estimate of drug-likeness (QED) is 0.532. The number of hydrogen-bond acceptors (Lipinski definition) is 1. The summed E-state index contributed by atoms with van der Waals surface area (Å²) in [7, 11) is 0. The van der Waals surface area contributed by atoms with Crippen molar-refractivity contribution >= 4 is 5.78 Å². The maximum atomic E-state index is 10.6. The van der Waals surface area contributed by atoms with Crippen LogP contribution in [0.4, 0.5) is 0 Å². The summed E-state index contributed by atoms with van der Waals surface area (Å²) in [6.45, 7) is 2.13. The molecule has 8 heavy (non-hydrogen) atoms. The summed E-state index contributed by atoms with van der Waals surface area (Å²) in [5, 5.41) is 0. The fraction of sp³-hybridized carbons (Fsp3) is 0.857. The van der Waals surface area contributed by atoms with Crippen LogP contribution in [0.15, 0.2) is 0 Å². The van der Waals surface area contributed by atoms with Gasteiger partial charge in [-0.2, -0.15) is 0 Å². The van der Waals surface area contributed by atoms with Crippen LogP contribution in [0.3, 0.4) is 0 Å². The van der Waals surface area contributed by atoms with Gasteiger partial charge in [0.15, 0.2) is 0 Å². The molecule has 1 fully saturated rings. The topological polar surface area (TPSA) is 17.1 Å². The summed E-state index contributed by atoms with van der Waals surface area (Å²) in [6, 6.07) is 0. The van der Waals surface area contributed by atoms with Crippen molar-refractivity contribution in [2.45, 2.75) is 32.6 Å². The molecule has 0 heterocycles. The van der Waals surface area contributed by atoms with Crippen molar-refractivity contribution in [3.05, 3.63) is 0 Å². The molecule has 0 unspecified atom stereocenters. The highest BCUT2D eigenvalue weighted by molar-refractivity contribution is 5.86. The number of rotatable bonds is 2. The van der Waals surface area contributed by atoms with Crippen LogP contribution >= 0.6 is 0 Å². The van der Waals surface area contributed by atoms with E-state index in [0.717, 1.165) is 25.7 Å². The summed E-state index contributed by atoms with van der Waals surface area (Å²) >= 11 is 0. The van der Waals surface area contributed by atoms with Gasteiger partial charge < -0.3 is 0 Å². The summed E-state index contributed by atoms with van der Waals surface area (Å²) in [5.41, 5.74) is 0. The molecule has 0 bridgehead atoms. The summed E-state index contributed by atoms with van der Waals surface area (Å²) in [4.78, 5) is 10.6. The van der Waals surface area contributed by atoms with E-state index in [1.807, 2.05) is 0 Å². The zero-order valence-electron chi connectivity index (χ0n) is 5.31. The van der Waals surface area contributed by atoms with Gasteiger partial charge >= 0.3 is 0 Å². The normalized spacial score (nSPS) is 27.6. The first kappa shape index (κ1) is 5.80. The maximum absolute atomic E-state index is 10.6. The Balaban J connectivity index is 2.17. The molecule has 1 heteroatoms. The molecule has 1 aliphatic rings. The second-order valence-corrected chi connectivity index (χ2v) is 2.49. The van der Waals surface area contributed by atoms with Crippen molar-refractivity contribution in [3.63, 3.8) is 0 Å². The molecule has 0 N–H and O–H groups in total. The largest absolute Gasteiger partial charge is 0.299 e. The fourth-order valence-corrected chi connectivity index (χ4v) is 1.12.